The first-order chi connectivity index (χ1) is 8.43. The van der Waals surface area contributed by atoms with Crippen LogP contribution in [0.4, 0.5) is 11.5 Å². The number of carboxylic acid groups (broad SMARTS) is 1. The van der Waals surface area contributed by atoms with Gasteiger partial charge in [0.05, 0.1) is 10.8 Å². The third-order valence-electron chi connectivity index (χ3n) is 2.59. The minimum absolute atomic E-state index is 0.0715. The number of carbonyl (C=O) groups is 1. The van der Waals surface area contributed by atoms with E-state index in [0.29, 0.717) is 0 Å². The highest BCUT2D eigenvalue weighted by Gasteiger charge is 2.23. The molecule has 1 aromatic heterocycles. The molecule has 0 spiro atoms. The summed E-state index contributed by atoms with van der Waals surface area (Å²) < 4.78 is 0. The third-order valence-corrected chi connectivity index (χ3v) is 2.59. The fourth-order valence-electron chi connectivity index (χ4n) is 1.50. The summed E-state index contributed by atoms with van der Waals surface area (Å²) in [5.41, 5.74) is -0.162. The molecule has 0 saturated heterocycles. The maximum Gasteiger partial charge on any atom is 0.311 e. The average Bonchev–Trinajstić information content (AvgIpc) is 2.28. The number of carboxylic acids is 1. The third kappa shape index (κ3) is 3.41. The topological polar surface area (TPSA) is 105 Å². The fraction of sp³-hybridized carbons (Fsp3) is 0.455. The number of hydrogen-bond acceptors (Lipinski definition) is 5. The van der Waals surface area contributed by atoms with Crippen LogP contribution in [0.5, 0.6) is 0 Å². The molecular weight excluding hydrogens is 238 g/mol. The lowest BCUT2D eigenvalue weighted by atomic mass is 9.96. The largest absolute Gasteiger partial charge is 0.481 e. The molecule has 0 aromatic carbocycles. The minimum atomic E-state index is -0.934. The lowest BCUT2D eigenvalue weighted by Crippen LogP contribution is -2.28. The van der Waals surface area contributed by atoms with Crippen molar-refractivity contribution in [2.24, 2.45) is 11.8 Å². The number of nitrogens with zero attached hydrogens (tertiary/aromatic N) is 2. The summed E-state index contributed by atoms with van der Waals surface area (Å²) in [5, 5.41) is 22.5. The fourth-order valence-corrected chi connectivity index (χ4v) is 1.50. The lowest BCUT2D eigenvalue weighted by Gasteiger charge is -2.16. The van der Waals surface area contributed by atoms with Crippen LogP contribution in [0.25, 0.3) is 0 Å². The minimum Gasteiger partial charge on any atom is -0.481 e. The zero-order valence-electron chi connectivity index (χ0n) is 10.2. The van der Waals surface area contributed by atoms with Crippen LogP contribution in [-0.2, 0) is 4.79 Å². The molecule has 0 saturated carbocycles. The zero-order valence-corrected chi connectivity index (χ0v) is 10.2. The van der Waals surface area contributed by atoms with Gasteiger partial charge in [-0.25, -0.2) is 4.98 Å². The number of nitro groups is 1. The number of anilines is 1. The first kappa shape index (κ1) is 13.9. The number of hydrogen-bond donors (Lipinski definition) is 2. The highest BCUT2D eigenvalue weighted by atomic mass is 16.6. The summed E-state index contributed by atoms with van der Waals surface area (Å²) in [7, 11) is 0. The predicted octanol–water partition coefficient (Wildman–Crippen LogP) is 1.76. The standard InChI is InChI=1S/C11H15N3O4/c1-7(2)8(11(15)16)6-13-10-9(14(17)18)4-3-5-12-10/h3-5,7-8H,6H2,1-2H3,(H,12,13)(H,15,16). The maximum absolute atomic E-state index is 11.0. The Kier molecular flexibility index (Phi) is 4.59. The van der Waals surface area contributed by atoms with E-state index in [4.69, 9.17) is 5.11 Å². The van der Waals surface area contributed by atoms with E-state index in [1.54, 1.807) is 13.8 Å². The first-order valence-electron chi connectivity index (χ1n) is 5.49. The van der Waals surface area contributed by atoms with Crippen molar-refractivity contribution in [1.29, 1.82) is 0 Å². The van der Waals surface area contributed by atoms with E-state index < -0.39 is 16.8 Å². The van der Waals surface area contributed by atoms with Gasteiger partial charge in [-0.3, -0.25) is 14.9 Å². The van der Waals surface area contributed by atoms with Gasteiger partial charge >= 0.3 is 11.7 Å². The summed E-state index contributed by atoms with van der Waals surface area (Å²) in [6, 6.07) is 2.78. The molecule has 1 rings (SSSR count). The van der Waals surface area contributed by atoms with Gasteiger partial charge in [0.1, 0.15) is 0 Å². The van der Waals surface area contributed by atoms with Crippen LogP contribution in [0.1, 0.15) is 13.8 Å². The van der Waals surface area contributed by atoms with Crippen molar-refractivity contribution in [1.82, 2.24) is 4.98 Å². The normalized spacial score (nSPS) is 12.2. The van der Waals surface area contributed by atoms with Crippen LogP contribution in [0.15, 0.2) is 18.3 Å². The molecule has 0 fully saturated rings. The molecule has 2 N–H and O–H groups in total. The molecule has 1 unspecified atom stereocenters. The molecule has 0 aliphatic carbocycles. The molecule has 0 bridgehead atoms. The maximum atomic E-state index is 11.0. The van der Waals surface area contributed by atoms with Crippen molar-refractivity contribution < 1.29 is 14.8 Å². The van der Waals surface area contributed by atoms with Crippen LogP contribution < -0.4 is 5.32 Å². The van der Waals surface area contributed by atoms with Crippen molar-refractivity contribution in [3.05, 3.63) is 28.4 Å². The van der Waals surface area contributed by atoms with Crippen molar-refractivity contribution in [2.45, 2.75) is 13.8 Å². The number of nitrogens with one attached hydrogen (secondary N) is 1. The molecule has 0 aliphatic heterocycles. The Labute approximate surface area is 104 Å². The Hall–Kier alpha value is -2.18. The van der Waals surface area contributed by atoms with E-state index in [1.807, 2.05) is 0 Å². The van der Waals surface area contributed by atoms with E-state index in [9.17, 15) is 14.9 Å². The van der Waals surface area contributed by atoms with Gasteiger partial charge in [-0.05, 0) is 12.0 Å². The average molecular weight is 253 g/mol. The quantitative estimate of drug-likeness (QED) is 0.591. The monoisotopic (exact) mass is 253 g/mol. The van der Waals surface area contributed by atoms with Gasteiger partial charge in [0.25, 0.3) is 0 Å². The van der Waals surface area contributed by atoms with Crippen LogP contribution in [0.3, 0.4) is 0 Å². The first-order valence-corrected chi connectivity index (χ1v) is 5.49. The Balaban J connectivity index is 2.79. The van der Waals surface area contributed by atoms with Crippen LogP contribution >= 0.6 is 0 Å². The molecule has 98 valence electrons. The number of rotatable bonds is 6. The molecular formula is C11H15N3O4. The molecule has 1 heterocycles. The predicted molar refractivity (Wildman–Crippen MR) is 65.3 cm³/mol. The van der Waals surface area contributed by atoms with E-state index in [0.717, 1.165) is 0 Å². The van der Waals surface area contributed by atoms with Crippen LogP contribution in [0, 0.1) is 22.0 Å². The Morgan fingerprint density at radius 1 is 1.61 bits per heavy atom. The Morgan fingerprint density at radius 2 is 2.28 bits per heavy atom. The SMILES string of the molecule is CC(C)C(CNc1ncccc1[N+](=O)[O-])C(=O)O. The van der Waals surface area contributed by atoms with E-state index >= 15 is 0 Å². The summed E-state index contributed by atoms with van der Waals surface area (Å²) in [5.74, 6) is -1.53. The van der Waals surface area contributed by atoms with Gasteiger partial charge in [-0.1, -0.05) is 13.8 Å². The van der Waals surface area contributed by atoms with Crippen molar-refractivity contribution >= 4 is 17.5 Å². The highest BCUT2D eigenvalue weighted by Crippen LogP contribution is 2.21. The number of aromatic nitrogens is 1. The van der Waals surface area contributed by atoms with Gasteiger partial charge in [0, 0.05) is 18.8 Å². The van der Waals surface area contributed by atoms with Gasteiger partial charge < -0.3 is 10.4 Å². The summed E-state index contributed by atoms with van der Waals surface area (Å²) in [6.07, 6.45) is 1.42. The number of aliphatic carboxylic acids is 1. The summed E-state index contributed by atoms with van der Waals surface area (Å²) in [4.78, 5) is 25.0. The van der Waals surface area contributed by atoms with Crippen LogP contribution in [-0.4, -0.2) is 27.5 Å². The second-order valence-electron chi connectivity index (χ2n) is 4.20. The van der Waals surface area contributed by atoms with Gasteiger partial charge in [0.15, 0.2) is 0 Å². The Morgan fingerprint density at radius 3 is 2.78 bits per heavy atom. The lowest BCUT2D eigenvalue weighted by molar-refractivity contribution is -0.384. The molecule has 7 heteroatoms. The molecule has 18 heavy (non-hydrogen) atoms. The molecule has 0 aliphatic rings. The van der Waals surface area contributed by atoms with Crippen molar-refractivity contribution in [2.75, 3.05) is 11.9 Å². The molecule has 0 radical (unpaired) electrons. The van der Waals surface area contributed by atoms with Gasteiger partial charge in [0.2, 0.25) is 5.82 Å². The van der Waals surface area contributed by atoms with Gasteiger partial charge in [-0.15, -0.1) is 0 Å². The second kappa shape index (κ2) is 5.95. The van der Waals surface area contributed by atoms with Gasteiger partial charge in [-0.2, -0.15) is 0 Å². The summed E-state index contributed by atoms with van der Waals surface area (Å²) >= 11 is 0. The Bertz CT molecular complexity index is 448. The summed E-state index contributed by atoms with van der Waals surface area (Å²) in [6.45, 7) is 3.67. The van der Waals surface area contributed by atoms with E-state index in [1.165, 1.54) is 18.3 Å². The zero-order chi connectivity index (χ0) is 13.7. The van der Waals surface area contributed by atoms with E-state index in [-0.39, 0.29) is 24.0 Å². The number of pyridine rings is 1. The van der Waals surface area contributed by atoms with Crippen molar-refractivity contribution in [3.63, 3.8) is 0 Å². The molecule has 1 atom stereocenters. The second-order valence-corrected chi connectivity index (χ2v) is 4.20. The highest BCUT2D eigenvalue weighted by molar-refractivity contribution is 5.71. The molecule has 1 aromatic rings. The molecule has 0 amide bonds. The van der Waals surface area contributed by atoms with E-state index in [2.05, 4.69) is 10.3 Å². The van der Waals surface area contributed by atoms with Crippen molar-refractivity contribution in [3.8, 4) is 0 Å². The molecule has 7 nitrogen and oxygen atoms in total. The van der Waals surface area contributed by atoms with Crippen LogP contribution in [0.2, 0.25) is 0 Å². The smallest absolute Gasteiger partial charge is 0.311 e.